The summed E-state index contributed by atoms with van der Waals surface area (Å²) in [6.45, 7) is 17.2. The van der Waals surface area contributed by atoms with Gasteiger partial charge in [0.2, 0.25) is 0 Å². The van der Waals surface area contributed by atoms with E-state index in [0.29, 0.717) is 36.3 Å². The summed E-state index contributed by atoms with van der Waals surface area (Å²) in [7, 11) is 0. The van der Waals surface area contributed by atoms with Crippen LogP contribution in [0.5, 0.6) is 0 Å². The van der Waals surface area contributed by atoms with E-state index in [-0.39, 0.29) is 0 Å². The third-order valence-corrected chi connectivity index (χ3v) is 1.70. The number of carboxylic acids is 2. The highest BCUT2D eigenvalue weighted by atomic mass is 16.4. The first-order valence-electron chi connectivity index (χ1n) is 7.54. The van der Waals surface area contributed by atoms with E-state index in [1.807, 2.05) is 0 Å². The topological polar surface area (TPSA) is 98.7 Å². The van der Waals surface area contributed by atoms with Gasteiger partial charge in [-0.25, -0.2) is 9.59 Å². The molecule has 6 heteroatoms. The van der Waals surface area contributed by atoms with E-state index in [1.165, 1.54) is 0 Å². The van der Waals surface area contributed by atoms with Gasteiger partial charge in [0.25, 0.3) is 0 Å². The molecule has 0 fully saturated rings. The van der Waals surface area contributed by atoms with Crippen LogP contribution in [-0.4, -0.2) is 46.3 Å². The quantitative estimate of drug-likeness (QED) is 0.562. The van der Waals surface area contributed by atoms with Crippen LogP contribution in [0, 0.1) is 0 Å². The molecule has 132 valence electrons. The molecule has 0 aromatic heterocycles. The molecule has 0 amide bonds. The van der Waals surface area contributed by atoms with Gasteiger partial charge in [0.1, 0.15) is 0 Å². The van der Waals surface area contributed by atoms with Crippen molar-refractivity contribution >= 4 is 11.9 Å². The number of aliphatic carboxylic acids is 2. The minimum absolute atomic E-state index is 0.558. The van der Waals surface area contributed by atoms with Crippen LogP contribution in [0.3, 0.4) is 0 Å². The molecule has 0 aliphatic rings. The van der Waals surface area contributed by atoms with Crippen LogP contribution < -0.4 is 10.6 Å². The summed E-state index contributed by atoms with van der Waals surface area (Å²) in [5.74, 6) is -2.51. The molecule has 0 aliphatic heterocycles. The molecule has 0 aromatic carbocycles. The van der Waals surface area contributed by atoms with E-state index < -0.39 is 11.9 Å². The van der Waals surface area contributed by atoms with Gasteiger partial charge in [-0.05, 0) is 0 Å². The Labute approximate surface area is 135 Å². The number of carboxylic acid groups (broad SMARTS) is 2. The fraction of sp³-hybridized carbons (Fsp3) is 0.750. The van der Waals surface area contributed by atoms with Gasteiger partial charge in [-0.3, -0.25) is 0 Å². The van der Waals surface area contributed by atoms with Crippen molar-refractivity contribution in [3.05, 3.63) is 12.2 Å². The molecule has 0 atom stereocenters. The second kappa shape index (κ2) is 16.0. The van der Waals surface area contributed by atoms with Crippen LogP contribution in [0.4, 0.5) is 0 Å². The van der Waals surface area contributed by atoms with Crippen LogP contribution >= 0.6 is 0 Å². The number of rotatable bonds is 6. The minimum atomic E-state index is -1.26. The zero-order valence-electron chi connectivity index (χ0n) is 15.2. The average Bonchev–Trinajstić information content (AvgIpc) is 2.23. The highest BCUT2D eigenvalue weighted by Crippen LogP contribution is 1.81. The lowest BCUT2D eigenvalue weighted by atomic mass is 10.3. The molecule has 4 N–H and O–H groups in total. The van der Waals surface area contributed by atoms with E-state index in [9.17, 15) is 9.59 Å². The predicted molar refractivity (Wildman–Crippen MR) is 91.2 cm³/mol. The first-order chi connectivity index (χ1) is 9.88. The monoisotopic (exact) mass is 318 g/mol. The lowest BCUT2D eigenvalue weighted by Crippen LogP contribution is -2.29. The average molecular weight is 318 g/mol. The molecule has 0 heterocycles. The fourth-order valence-electron chi connectivity index (χ4n) is 1.48. The van der Waals surface area contributed by atoms with Gasteiger partial charge < -0.3 is 20.8 Å². The van der Waals surface area contributed by atoms with Crippen molar-refractivity contribution < 1.29 is 19.8 Å². The summed E-state index contributed by atoms with van der Waals surface area (Å²) in [6, 6.07) is 2.50. The van der Waals surface area contributed by atoms with E-state index in [2.05, 4.69) is 66.0 Å². The fourth-order valence-corrected chi connectivity index (χ4v) is 1.48. The molecule has 0 rings (SSSR count). The van der Waals surface area contributed by atoms with Crippen molar-refractivity contribution in [3.8, 4) is 0 Å². The second-order valence-corrected chi connectivity index (χ2v) is 5.96. The molecule has 6 nitrogen and oxygen atoms in total. The molecule has 0 spiro atoms. The highest BCUT2D eigenvalue weighted by Gasteiger charge is 1.93. The molecule has 0 radical (unpaired) electrons. The van der Waals surface area contributed by atoms with Gasteiger partial charge in [0.05, 0.1) is 0 Å². The van der Waals surface area contributed by atoms with Crippen molar-refractivity contribution in [2.45, 2.75) is 79.6 Å². The Balaban J connectivity index is -0.000000247. The number of hydrogen-bond acceptors (Lipinski definition) is 4. The van der Waals surface area contributed by atoms with E-state index in [1.54, 1.807) is 0 Å². The predicted octanol–water partition coefficient (Wildman–Crippen LogP) is 2.50. The van der Waals surface area contributed by atoms with Gasteiger partial charge in [-0.15, -0.1) is 0 Å². The van der Waals surface area contributed by atoms with Gasteiger partial charge in [0.15, 0.2) is 0 Å². The molecule has 0 saturated carbocycles. The Morgan fingerprint density at radius 2 is 0.818 bits per heavy atom. The van der Waals surface area contributed by atoms with Gasteiger partial charge in [0, 0.05) is 36.3 Å². The van der Waals surface area contributed by atoms with Crippen molar-refractivity contribution in [3.63, 3.8) is 0 Å². The second-order valence-electron chi connectivity index (χ2n) is 5.96. The van der Waals surface area contributed by atoms with Crippen LogP contribution in [-0.2, 0) is 9.59 Å². The normalized spacial score (nSPS) is 10.5. The number of nitrogens with one attached hydrogen (secondary N) is 2. The summed E-state index contributed by atoms with van der Waals surface area (Å²) in [5.41, 5.74) is 0. The third kappa shape index (κ3) is 42.8. The molecule has 0 saturated heterocycles. The van der Waals surface area contributed by atoms with Crippen LogP contribution in [0.25, 0.3) is 0 Å². The SMILES string of the molecule is CC(C)NC(C)C.CC(C)NC(C)C.O=C(O)/C=C/C(=O)O. The highest BCUT2D eigenvalue weighted by molar-refractivity contribution is 5.89. The summed E-state index contributed by atoms with van der Waals surface area (Å²) < 4.78 is 0. The minimum Gasteiger partial charge on any atom is -0.478 e. The molecule has 0 bridgehead atoms. The summed E-state index contributed by atoms with van der Waals surface area (Å²) >= 11 is 0. The summed E-state index contributed by atoms with van der Waals surface area (Å²) in [6.07, 6.45) is 1.12. The van der Waals surface area contributed by atoms with Crippen LogP contribution in [0.15, 0.2) is 12.2 Å². The lowest BCUT2D eigenvalue weighted by Gasteiger charge is -2.10. The Kier molecular flexibility index (Phi) is 18.6. The Morgan fingerprint density at radius 1 is 0.636 bits per heavy atom. The molecule has 0 aliphatic carbocycles. The number of carbonyl (C=O) groups is 2. The standard InChI is InChI=1S/2C6H15N.C4H4O4/c2*1-5(2)7-6(3)4;5-3(6)1-2-4(7)8/h2*5-7H,1-4H3;1-2H,(H,5,6)(H,7,8)/b;;2-1+. The smallest absolute Gasteiger partial charge is 0.328 e. The van der Waals surface area contributed by atoms with Gasteiger partial charge in [-0.1, -0.05) is 55.4 Å². The van der Waals surface area contributed by atoms with Crippen molar-refractivity contribution in [1.29, 1.82) is 0 Å². The van der Waals surface area contributed by atoms with Crippen molar-refractivity contribution in [1.82, 2.24) is 10.6 Å². The molecular weight excluding hydrogens is 284 g/mol. The molecule has 0 aromatic rings. The van der Waals surface area contributed by atoms with Crippen molar-refractivity contribution in [2.24, 2.45) is 0 Å². The zero-order chi connectivity index (χ0) is 18.3. The third-order valence-electron chi connectivity index (χ3n) is 1.70. The van der Waals surface area contributed by atoms with Crippen molar-refractivity contribution in [2.75, 3.05) is 0 Å². The van der Waals surface area contributed by atoms with E-state index >= 15 is 0 Å². The Hall–Kier alpha value is -1.40. The van der Waals surface area contributed by atoms with Crippen LogP contribution in [0.2, 0.25) is 0 Å². The van der Waals surface area contributed by atoms with Crippen LogP contribution in [0.1, 0.15) is 55.4 Å². The lowest BCUT2D eigenvalue weighted by molar-refractivity contribution is -0.134. The van der Waals surface area contributed by atoms with Gasteiger partial charge >= 0.3 is 11.9 Å². The molecular formula is C16H34N2O4. The maximum Gasteiger partial charge on any atom is 0.328 e. The summed E-state index contributed by atoms with van der Waals surface area (Å²) in [4.78, 5) is 19.1. The Bertz CT molecular complexity index is 269. The maximum absolute atomic E-state index is 9.55. The van der Waals surface area contributed by atoms with E-state index in [0.717, 1.165) is 0 Å². The maximum atomic E-state index is 9.55. The first kappa shape index (κ1) is 25.5. The largest absolute Gasteiger partial charge is 0.478 e. The number of hydrogen-bond donors (Lipinski definition) is 4. The Morgan fingerprint density at radius 3 is 0.864 bits per heavy atom. The van der Waals surface area contributed by atoms with Gasteiger partial charge in [-0.2, -0.15) is 0 Å². The van der Waals surface area contributed by atoms with E-state index in [4.69, 9.17) is 10.2 Å². The summed E-state index contributed by atoms with van der Waals surface area (Å²) in [5, 5.41) is 22.2. The first-order valence-corrected chi connectivity index (χ1v) is 7.54. The zero-order valence-corrected chi connectivity index (χ0v) is 15.2. The molecule has 22 heavy (non-hydrogen) atoms. The molecule has 0 unspecified atom stereocenters.